The molecule has 3 aromatic rings. The Morgan fingerprint density at radius 3 is 2.72 bits per heavy atom. The van der Waals surface area contributed by atoms with Crippen molar-refractivity contribution < 1.29 is 9.53 Å². The molecule has 1 N–H and O–H groups in total. The van der Waals surface area contributed by atoms with Gasteiger partial charge in [0, 0.05) is 12.1 Å². The topological polar surface area (TPSA) is 81.9 Å². The van der Waals surface area contributed by atoms with Crippen LogP contribution in [0.15, 0.2) is 53.7 Å². The quantitative estimate of drug-likeness (QED) is 0.515. The number of carbonyl (C=O) groups excluding carboxylic acids is 1. The summed E-state index contributed by atoms with van der Waals surface area (Å²) in [4.78, 5) is 12.3. The lowest BCUT2D eigenvalue weighted by Gasteiger charge is -2.09. The van der Waals surface area contributed by atoms with Crippen LogP contribution in [0.5, 0.6) is 5.75 Å². The van der Waals surface area contributed by atoms with Gasteiger partial charge in [0.15, 0.2) is 0 Å². The average Bonchev–Trinajstić information content (AvgIpc) is 3.24. The Labute approximate surface area is 174 Å². The van der Waals surface area contributed by atoms with Gasteiger partial charge in [-0.2, -0.15) is 4.68 Å². The number of nitrogens with one attached hydrogen (secondary N) is 1. The molecule has 0 aliphatic rings. The number of para-hydroxylation sites is 1. The van der Waals surface area contributed by atoms with E-state index in [4.69, 9.17) is 4.74 Å². The molecule has 2 aromatic carbocycles. The molecule has 3 rings (SSSR count). The molecule has 0 saturated heterocycles. The fraction of sp³-hybridized carbons (Fsp3) is 0.333. The molecule has 0 radical (unpaired) electrons. The second kappa shape index (κ2) is 10.6. The maximum Gasteiger partial charge on any atom is 0.230 e. The summed E-state index contributed by atoms with van der Waals surface area (Å²) < 4.78 is 6.96. The van der Waals surface area contributed by atoms with Crippen LogP contribution in [-0.4, -0.2) is 39.0 Å². The van der Waals surface area contributed by atoms with Gasteiger partial charge in [0.25, 0.3) is 0 Å². The molecule has 29 heavy (non-hydrogen) atoms. The Kier molecular flexibility index (Phi) is 7.63. The molecule has 0 spiro atoms. The van der Waals surface area contributed by atoms with Crippen LogP contribution in [0.3, 0.4) is 0 Å². The van der Waals surface area contributed by atoms with Crippen LogP contribution in [-0.2, 0) is 17.8 Å². The number of thioether (sulfide) groups is 1. The van der Waals surface area contributed by atoms with E-state index in [1.807, 2.05) is 36.4 Å². The average molecular weight is 412 g/mol. The number of methoxy groups -OCH3 is 1. The number of ether oxygens (including phenoxy) is 1. The van der Waals surface area contributed by atoms with Crippen LogP contribution in [0.1, 0.15) is 30.9 Å². The summed E-state index contributed by atoms with van der Waals surface area (Å²) >= 11 is 1.30. The Balaban J connectivity index is 1.55. The SMILES string of the molecule is CCCCc1ccc(-n2nnnc2SCC(=O)NCc2ccccc2OC)cc1. The predicted octanol–water partition coefficient (Wildman–Crippen LogP) is 3.42. The number of aromatic nitrogens is 4. The lowest BCUT2D eigenvalue weighted by atomic mass is 10.1. The summed E-state index contributed by atoms with van der Waals surface area (Å²) in [6, 6.07) is 15.8. The summed E-state index contributed by atoms with van der Waals surface area (Å²) in [5.41, 5.74) is 3.11. The molecule has 0 unspecified atom stereocenters. The molecule has 1 amide bonds. The highest BCUT2D eigenvalue weighted by atomic mass is 32.2. The first kappa shape index (κ1) is 20.9. The number of carbonyl (C=O) groups is 1. The molecule has 152 valence electrons. The molecular weight excluding hydrogens is 386 g/mol. The maximum atomic E-state index is 12.3. The minimum Gasteiger partial charge on any atom is -0.496 e. The highest BCUT2D eigenvalue weighted by Crippen LogP contribution is 2.20. The van der Waals surface area contributed by atoms with E-state index >= 15 is 0 Å². The van der Waals surface area contributed by atoms with Gasteiger partial charge in [0.2, 0.25) is 11.1 Å². The van der Waals surface area contributed by atoms with Crippen molar-refractivity contribution in [2.45, 2.75) is 37.9 Å². The fourth-order valence-corrected chi connectivity index (χ4v) is 3.56. The number of nitrogens with zero attached hydrogens (tertiary/aromatic N) is 4. The Hall–Kier alpha value is -2.87. The van der Waals surface area contributed by atoms with Gasteiger partial charge in [-0.3, -0.25) is 4.79 Å². The molecule has 0 atom stereocenters. The first-order valence-corrected chi connectivity index (χ1v) is 10.6. The van der Waals surface area contributed by atoms with Crippen LogP contribution >= 0.6 is 11.8 Å². The molecule has 1 heterocycles. The first-order valence-electron chi connectivity index (χ1n) is 9.60. The van der Waals surface area contributed by atoms with Gasteiger partial charge in [-0.05, 0) is 47.0 Å². The van der Waals surface area contributed by atoms with Gasteiger partial charge >= 0.3 is 0 Å². The van der Waals surface area contributed by atoms with Gasteiger partial charge in [-0.15, -0.1) is 5.10 Å². The van der Waals surface area contributed by atoms with E-state index in [1.165, 1.54) is 30.2 Å². The summed E-state index contributed by atoms with van der Waals surface area (Å²) in [7, 11) is 1.62. The summed E-state index contributed by atoms with van der Waals surface area (Å²) in [6.45, 7) is 2.60. The van der Waals surface area contributed by atoms with Crippen molar-refractivity contribution in [2.24, 2.45) is 0 Å². The molecule has 1 aromatic heterocycles. The van der Waals surface area contributed by atoms with Crippen molar-refractivity contribution in [3.05, 3.63) is 59.7 Å². The minimum atomic E-state index is -0.0923. The zero-order valence-corrected chi connectivity index (χ0v) is 17.5. The molecule has 0 fully saturated rings. The van der Waals surface area contributed by atoms with Crippen molar-refractivity contribution in [2.75, 3.05) is 12.9 Å². The minimum absolute atomic E-state index is 0.0923. The zero-order chi connectivity index (χ0) is 20.5. The number of benzene rings is 2. The number of amides is 1. The van der Waals surface area contributed by atoms with Crippen LogP contribution in [0.4, 0.5) is 0 Å². The second-order valence-corrected chi connectivity index (χ2v) is 7.46. The molecule has 7 nitrogen and oxygen atoms in total. The predicted molar refractivity (Wildman–Crippen MR) is 113 cm³/mol. The number of unbranched alkanes of at least 4 members (excludes halogenated alkanes) is 1. The third-order valence-corrected chi connectivity index (χ3v) is 5.36. The molecule has 0 aliphatic carbocycles. The van der Waals surface area contributed by atoms with Crippen molar-refractivity contribution in [1.82, 2.24) is 25.5 Å². The lowest BCUT2D eigenvalue weighted by Crippen LogP contribution is -2.25. The van der Waals surface area contributed by atoms with E-state index < -0.39 is 0 Å². The van der Waals surface area contributed by atoms with E-state index in [-0.39, 0.29) is 11.7 Å². The van der Waals surface area contributed by atoms with Gasteiger partial charge in [0.1, 0.15) is 5.75 Å². The van der Waals surface area contributed by atoms with Crippen LogP contribution in [0.2, 0.25) is 0 Å². The molecular formula is C21H25N5O2S. The van der Waals surface area contributed by atoms with Crippen molar-refractivity contribution in [1.29, 1.82) is 0 Å². The smallest absolute Gasteiger partial charge is 0.230 e. The van der Waals surface area contributed by atoms with E-state index in [9.17, 15) is 4.79 Å². The Morgan fingerprint density at radius 2 is 1.97 bits per heavy atom. The van der Waals surface area contributed by atoms with Crippen molar-refractivity contribution in [3.63, 3.8) is 0 Å². The molecule has 8 heteroatoms. The lowest BCUT2D eigenvalue weighted by molar-refractivity contribution is -0.118. The van der Waals surface area contributed by atoms with E-state index in [0.29, 0.717) is 11.7 Å². The zero-order valence-electron chi connectivity index (χ0n) is 16.7. The molecule has 0 saturated carbocycles. The number of aryl methyl sites for hydroxylation is 1. The van der Waals surface area contributed by atoms with Gasteiger partial charge in [-0.1, -0.05) is 55.4 Å². The summed E-state index contributed by atoms with van der Waals surface area (Å²) in [5.74, 6) is 0.890. The monoisotopic (exact) mass is 411 g/mol. The number of tetrazole rings is 1. The van der Waals surface area contributed by atoms with E-state index in [0.717, 1.165) is 23.4 Å². The number of hydrogen-bond donors (Lipinski definition) is 1. The first-order chi connectivity index (χ1) is 14.2. The van der Waals surface area contributed by atoms with Crippen LogP contribution in [0, 0.1) is 0 Å². The fourth-order valence-electron chi connectivity index (χ4n) is 2.84. The normalized spacial score (nSPS) is 10.7. The third kappa shape index (κ3) is 5.80. The Bertz CT molecular complexity index is 927. The van der Waals surface area contributed by atoms with E-state index in [2.05, 4.69) is 39.9 Å². The summed E-state index contributed by atoms with van der Waals surface area (Å²) in [6.07, 6.45) is 3.42. The highest BCUT2D eigenvalue weighted by molar-refractivity contribution is 7.99. The summed E-state index contributed by atoms with van der Waals surface area (Å²) in [5, 5.41) is 15.4. The van der Waals surface area contributed by atoms with Gasteiger partial charge in [0.05, 0.1) is 18.6 Å². The second-order valence-electron chi connectivity index (χ2n) is 6.52. The maximum absolute atomic E-state index is 12.3. The largest absolute Gasteiger partial charge is 0.496 e. The number of rotatable bonds is 10. The third-order valence-electron chi connectivity index (χ3n) is 4.44. The van der Waals surface area contributed by atoms with Gasteiger partial charge in [-0.25, -0.2) is 0 Å². The van der Waals surface area contributed by atoms with Gasteiger partial charge < -0.3 is 10.1 Å². The number of hydrogen-bond acceptors (Lipinski definition) is 6. The Morgan fingerprint density at radius 1 is 1.17 bits per heavy atom. The standard InChI is InChI=1S/C21H25N5O2S/c1-3-4-7-16-10-12-18(13-11-16)26-21(23-24-25-26)29-15-20(27)22-14-17-8-5-6-9-19(17)28-2/h5-6,8-13H,3-4,7,14-15H2,1-2H3,(H,22,27). The van der Waals surface area contributed by atoms with Crippen molar-refractivity contribution >= 4 is 17.7 Å². The van der Waals surface area contributed by atoms with E-state index in [1.54, 1.807) is 11.8 Å². The van der Waals surface area contributed by atoms with Crippen LogP contribution < -0.4 is 10.1 Å². The highest BCUT2D eigenvalue weighted by Gasteiger charge is 2.12. The van der Waals surface area contributed by atoms with Crippen molar-refractivity contribution in [3.8, 4) is 11.4 Å². The molecule has 0 bridgehead atoms. The molecule has 0 aliphatic heterocycles. The van der Waals surface area contributed by atoms with Crippen LogP contribution in [0.25, 0.3) is 5.69 Å².